The zero-order valence-corrected chi connectivity index (χ0v) is 19.0. The molecular weight excluding hydrogens is 400 g/mol. The number of hydrogen-bond acceptors (Lipinski definition) is 4. The number of anilines is 1. The van der Waals surface area contributed by atoms with E-state index in [1.54, 1.807) is 12.1 Å². The summed E-state index contributed by atoms with van der Waals surface area (Å²) in [6.45, 7) is 7.71. The van der Waals surface area contributed by atoms with E-state index in [0.717, 1.165) is 39.4 Å². The normalized spacial score (nSPS) is 17.6. The Bertz CT molecular complexity index is 1030. The first-order chi connectivity index (χ1) is 14.0. The average Bonchev–Trinajstić information content (AvgIpc) is 2.65. The van der Waals surface area contributed by atoms with Crippen molar-refractivity contribution in [2.45, 2.75) is 52.2 Å². The molecule has 0 aromatic heterocycles. The molecule has 1 atom stereocenters. The number of nitrogens with zero attached hydrogens (tertiary/aromatic N) is 1. The van der Waals surface area contributed by atoms with E-state index in [2.05, 4.69) is 5.32 Å². The van der Waals surface area contributed by atoms with Crippen LogP contribution in [-0.2, 0) is 21.2 Å². The van der Waals surface area contributed by atoms with Crippen molar-refractivity contribution in [1.82, 2.24) is 5.32 Å². The van der Waals surface area contributed by atoms with Crippen LogP contribution in [0.15, 0.2) is 42.5 Å². The first kappa shape index (κ1) is 22.2. The summed E-state index contributed by atoms with van der Waals surface area (Å²) in [5, 5.41) is 3.03. The highest BCUT2D eigenvalue weighted by molar-refractivity contribution is 7.92. The van der Waals surface area contributed by atoms with E-state index in [1.807, 2.05) is 58.0 Å². The van der Waals surface area contributed by atoms with Gasteiger partial charge in [0.2, 0.25) is 15.9 Å². The summed E-state index contributed by atoms with van der Waals surface area (Å²) in [4.78, 5) is 12.9. The molecule has 1 aliphatic rings. The van der Waals surface area contributed by atoms with Crippen LogP contribution in [0.1, 0.15) is 49.9 Å². The molecule has 0 saturated carbocycles. The summed E-state index contributed by atoms with van der Waals surface area (Å²) in [5.41, 5.74) is 3.14. The van der Waals surface area contributed by atoms with Gasteiger partial charge >= 0.3 is 0 Å². The number of benzene rings is 2. The third-order valence-electron chi connectivity index (χ3n) is 5.28. The van der Waals surface area contributed by atoms with Gasteiger partial charge < -0.3 is 10.1 Å². The topological polar surface area (TPSA) is 75.7 Å². The molecule has 2 aromatic rings. The molecule has 0 saturated heterocycles. The summed E-state index contributed by atoms with van der Waals surface area (Å²) in [5.74, 6) is 0.396. The molecule has 0 radical (unpaired) electrons. The highest BCUT2D eigenvalue weighted by atomic mass is 32.2. The number of sulfonamides is 1. The van der Waals surface area contributed by atoms with Gasteiger partial charge in [-0.25, -0.2) is 8.42 Å². The Kier molecular flexibility index (Phi) is 6.13. The van der Waals surface area contributed by atoms with Crippen molar-refractivity contribution in [2.75, 3.05) is 17.1 Å². The lowest BCUT2D eigenvalue weighted by molar-refractivity contribution is -0.120. The number of aryl methyl sites for hydroxylation is 2. The Labute approximate surface area is 179 Å². The molecule has 6 nitrogen and oxygen atoms in total. The minimum Gasteiger partial charge on any atom is -0.487 e. The van der Waals surface area contributed by atoms with Crippen molar-refractivity contribution in [3.05, 3.63) is 59.2 Å². The second-order valence-corrected chi connectivity index (χ2v) is 10.4. The van der Waals surface area contributed by atoms with Gasteiger partial charge in [0.25, 0.3) is 0 Å². The van der Waals surface area contributed by atoms with E-state index in [0.29, 0.717) is 12.1 Å². The first-order valence-corrected chi connectivity index (χ1v) is 12.0. The zero-order chi connectivity index (χ0) is 22.1. The molecule has 0 fully saturated rings. The van der Waals surface area contributed by atoms with E-state index >= 15 is 0 Å². The third-order valence-corrected chi connectivity index (χ3v) is 6.42. The van der Waals surface area contributed by atoms with Crippen LogP contribution < -0.4 is 14.4 Å². The monoisotopic (exact) mass is 430 g/mol. The molecule has 7 heteroatoms. The maximum atomic E-state index is 12.9. The molecule has 1 heterocycles. The smallest absolute Gasteiger partial charge is 0.241 e. The molecule has 0 unspecified atom stereocenters. The Hall–Kier alpha value is -2.54. The van der Waals surface area contributed by atoms with E-state index in [9.17, 15) is 13.2 Å². The Morgan fingerprint density at radius 3 is 2.47 bits per heavy atom. The standard InChI is InChI=1S/C23H30N2O4S/c1-6-17-8-10-18(11-9-17)25(30(5,27)28)15-22(26)24-20-14-23(3,4)29-21-12-7-16(2)13-19(20)21/h7-13,20H,6,14-15H2,1-5H3,(H,24,26)/t20-/m0/s1. The number of carbonyl (C=O) groups is 1. The van der Waals surface area contributed by atoms with Gasteiger partial charge in [-0.2, -0.15) is 0 Å². The number of amides is 1. The van der Waals surface area contributed by atoms with Crippen molar-refractivity contribution in [3.63, 3.8) is 0 Å². The van der Waals surface area contributed by atoms with Gasteiger partial charge in [-0.3, -0.25) is 9.10 Å². The number of hydrogen-bond donors (Lipinski definition) is 1. The maximum Gasteiger partial charge on any atom is 0.241 e. The molecule has 3 rings (SSSR count). The summed E-state index contributed by atoms with van der Waals surface area (Å²) in [7, 11) is -3.62. The van der Waals surface area contributed by atoms with Crippen molar-refractivity contribution < 1.29 is 17.9 Å². The van der Waals surface area contributed by atoms with Gasteiger partial charge in [0.15, 0.2) is 0 Å². The van der Waals surface area contributed by atoms with Gasteiger partial charge in [-0.15, -0.1) is 0 Å². The number of rotatable bonds is 6. The van der Waals surface area contributed by atoms with Crippen molar-refractivity contribution in [3.8, 4) is 5.75 Å². The zero-order valence-electron chi connectivity index (χ0n) is 18.2. The second kappa shape index (κ2) is 8.30. The van der Waals surface area contributed by atoms with Gasteiger partial charge in [-0.05, 0) is 51.0 Å². The fourth-order valence-corrected chi connectivity index (χ4v) is 4.63. The minimum atomic E-state index is -3.62. The fraction of sp³-hybridized carbons (Fsp3) is 0.435. The van der Waals surface area contributed by atoms with Crippen molar-refractivity contribution in [2.24, 2.45) is 0 Å². The SMILES string of the molecule is CCc1ccc(N(CC(=O)N[C@H]2CC(C)(C)Oc3ccc(C)cc32)S(C)(=O)=O)cc1. The van der Waals surface area contributed by atoms with E-state index in [4.69, 9.17) is 4.74 Å². The largest absolute Gasteiger partial charge is 0.487 e. The fourth-order valence-electron chi connectivity index (χ4n) is 3.77. The minimum absolute atomic E-state index is 0.250. The Morgan fingerprint density at radius 2 is 1.87 bits per heavy atom. The van der Waals surface area contributed by atoms with Crippen LogP contribution in [-0.4, -0.2) is 32.7 Å². The lowest BCUT2D eigenvalue weighted by Gasteiger charge is -2.38. The molecule has 1 N–H and O–H groups in total. The van der Waals surface area contributed by atoms with E-state index in [1.165, 1.54) is 0 Å². The van der Waals surface area contributed by atoms with E-state index < -0.39 is 15.6 Å². The summed E-state index contributed by atoms with van der Waals surface area (Å²) < 4.78 is 32.0. The second-order valence-electron chi connectivity index (χ2n) is 8.52. The lowest BCUT2D eigenvalue weighted by atomic mass is 9.89. The highest BCUT2D eigenvalue weighted by Crippen LogP contribution is 2.39. The maximum absolute atomic E-state index is 12.9. The molecule has 162 valence electrons. The number of fused-ring (bicyclic) bond motifs is 1. The summed E-state index contributed by atoms with van der Waals surface area (Å²) in [6, 6.07) is 12.9. The van der Waals surface area contributed by atoms with Crippen LogP contribution >= 0.6 is 0 Å². The number of nitrogens with one attached hydrogen (secondary N) is 1. The van der Waals surface area contributed by atoms with Crippen LogP contribution in [0.5, 0.6) is 5.75 Å². The first-order valence-electron chi connectivity index (χ1n) is 10.1. The number of carbonyl (C=O) groups excluding carboxylic acids is 1. The predicted octanol–water partition coefficient (Wildman–Crippen LogP) is 3.74. The highest BCUT2D eigenvalue weighted by Gasteiger charge is 2.35. The van der Waals surface area contributed by atoms with Crippen LogP contribution in [0.25, 0.3) is 0 Å². The third kappa shape index (κ3) is 5.14. The molecule has 1 aliphatic heterocycles. The number of ether oxygens (including phenoxy) is 1. The van der Waals surface area contributed by atoms with Gasteiger partial charge in [0.1, 0.15) is 17.9 Å². The van der Waals surface area contributed by atoms with Crippen molar-refractivity contribution >= 4 is 21.6 Å². The molecular formula is C23H30N2O4S. The molecule has 0 spiro atoms. The lowest BCUT2D eigenvalue weighted by Crippen LogP contribution is -2.45. The van der Waals surface area contributed by atoms with Crippen molar-refractivity contribution in [1.29, 1.82) is 0 Å². The van der Waals surface area contributed by atoms with Crippen LogP contribution in [0.2, 0.25) is 0 Å². The van der Waals surface area contributed by atoms with Gasteiger partial charge in [0, 0.05) is 12.0 Å². The molecule has 30 heavy (non-hydrogen) atoms. The summed E-state index contributed by atoms with van der Waals surface area (Å²) >= 11 is 0. The Balaban J connectivity index is 1.83. The van der Waals surface area contributed by atoms with Crippen LogP contribution in [0.3, 0.4) is 0 Å². The van der Waals surface area contributed by atoms with Gasteiger partial charge in [0.05, 0.1) is 18.0 Å². The van der Waals surface area contributed by atoms with E-state index in [-0.39, 0.29) is 18.5 Å². The Morgan fingerprint density at radius 1 is 1.20 bits per heavy atom. The summed E-state index contributed by atoms with van der Waals surface area (Å²) in [6.07, 6.45) is 2.57. The molecule has 2 aromatic carbocycles. The average molecular weight is 431 g/mol. The van der Waals surface area contributed by atoms with Gasteiger partial charge in [-0.1, -0.05) is 36.8 Å². The van der Waals surface area contributed by atoms with Crippen LogP contribution in [0, 0.1) is 6.92 Å². The molecule has 0 bridgehead atoms. The molecule has 1 amide bonds. The predicted molar refractivity (Wildman–Crippen MR) is 119 cm³/mol. The quantitative estimate of drug-likeness (QED) is 0.757. The van der Waals surface area contributed by atoms with Crippen LogP contribution in [0.4, 0.5) is 5.69 Å². The molecule has 0 aliphatic carbocycles.